The van der Waals surface area contributed by atoms with Gasteiger partial charge in [0, 0.05) is 31.1 Å². The summed E-state index contributed by atoms with van der Waals surface area (Å²) in [5.41, 5.74) is 0.437. The average molecular weight is 383 g/mol. The summed E-state index contributed by atoms with van der Waals surface area (Å²) in [7, 11) is 0. The number of carbonyl (C=O) groups excluding carboxylic acids is 2. The molecule has 0 bridgehead atoms. The third kappa shape index (κ3) is 4.33. The van der Waals surface area contributed by atoms with E-state index in [1.165, 1.54) is 0 Å². The molecule has 1 aromatic carbocycles. The number of likely N-dealkylation sites (tertiary alicyclic amines) is 1. The summed E-state index contributed by atoms with van der Waals surface area (Å²) in [6.07, 6.45) is 1.84. The molecular weight excluding hydrogens is 360 g/mol. The molecule has 26 heavy (non-hydrogen) atoms. The molecule has 2 amide bonds. The Hall–Kier alpha value is -2.15. The maximum atomic E-state index is 12.6. The van der Waals surface area contributed by atoms with Gasteiger partial charge in [0.15, 0.2) is 11.5 Å². The van der Waals surface area contributed by atoms with Crippen molar-refractivity contribution in [2.45, 2.75) is 32.2 Å². The van der Waals surface area contributed by atoms with Crippen molar-refractivity contribution in [3.05, 3.63) is 22.7 Å². The molecule has 0 unspecified atom stereocenters. The van der Waals surface area contributed by atoms with E-state index in [-0.39, 0.29) is 18.0 Å². The first-order valence-corrected chi connectivity index (χ1v) is 9.28. The molecular formula is C18H23ClN2O5. The van der Waals surface area contributed by atoms with Gasteiger partial charge in [-0.1, -0.05) is 11.6 Å². The second-order valence-corrected chi connectivity index (χ2v) is 6.68. The van der Waals surface area contributed by atoms with Gasteiger partial charge in [0.05, 0.1) is 24.8 Å². The normalized spacial score (nSPS) is 17.4. The van der Waals surface area contributed by atoms with Crippen molar-refractivity contribution in [3.8, 4) is 11.5 Å². The van der Waals surface area contributed by atoms with Crippen molar-refractivity contribution in [1.29, 1.82) is 0 Å². The molecule has 0 aliphatic carbocycles. The van der Waals surface area contributed by atoms with Gasteiger partial charge in [-0.2, -0.15) is 0 Å². The molecule has 1 fully saturated rings. The molecule has 2 aliphatic heterocycles. The first-order valence-electron chi connectivity index (χ1n) is 8.90. The van der Waals surface area contributed by atoms with Gasteiger partial charge in [0.2, 0.25) is 0 Å². The molecule has 8 heteroatoms. The van der Waals surface area contributed by atoms with Gasteiger partial charge in [0.25, 0.3) is 5.91 Å². The van der Waals surface area contributed by atoms with Crippen LogP contribution in [-0.2, 0) is 4.74 Å². The minimum absolute atomic E-state index is 0.00271. The number of rotatable bonds is 3. The number of hydrogen-bond donors (Lipinski definition) is 1. The van der Waals surface area contributed by atoms with E-state index in [9.17, 15) is 9.59 Å². The van der Waals surface area contributed by atoms with E-state index in [2.05, 4.69) is 5.32 Å². The Kier molecular flexibility index (Phi) is 6.08. The maximum absolute atomic E-state index is 12.6. The third-order valence-electron chi connectivity index (χ3n) is 4.42. The van der Waals surface area contributed by atoms with Gasteiger partial charge in [-0.15, -0.1) is 0 Å². The van der Waals surface area contributed by atoms with E-state index >= 15 is 0 Å². The lowest BCUT2D eigenvalue weighted by molar-refractivity contribution is 0.0859. The van der Waals surface area contributed by atoms with Crippen molar-refractivity contribution < 1.29 is 23.8 Å². The van der Waals surface area contributed by atoms with Crippen LogP contribution in [0.3, 0.4) is 0 Å². The zero-order valence-electron chi connectivity index (χ0n) is 14.8. The molecule has 3 rings (SSSR count). The third-order valence-corrected chi connectivity index (χ3v) is 4.70. The molecule has 142 valence electrons. The first kappa shape index (κ1) is 18.6. The number of fused-ring (bicyclic) bond motifs is 1. The summed E-state index contributed by atoms with van der Waals surface area (Å²) in [5.74, 6) is 0.776. The van der Waals surface area contributed by atoms with Crippen LogP contribution in [0.5, 0.6) is 11.5 Å². The van der Waals surface area contributed by atoms with Gasteiger partial charge >= 0.3 is 6.09 Å². The zero-order valence-corrected chi connectivity index (χ0v) is 15.5. The number of piperidine rings is 1. The Morgan fingerprint density at radius 1 is 1.27 bits per heavy atom. The Balaban J connectivity index is 1.60. The van der Waals surface area contributed by atoms with Gasteiger partial charge in [-0.25, -0.2) is 4.79 Å². The Bertz CT molecular complexity index is 674. The SMILES string of the molecule is CCOC(=O)N1CCC(NC(=O)c2cc(Cl)c3c(c2)OCCCO3)CC1. The van der Waals surface area contributed by atoms with Crippen LogP contribution in [0.2, 0.25) is 5.02 Å². The van der Waals surface area contributed by atoms with Crippen LogP contribution in [0.25, 0.3) is 0 Å². The maximum Gasteiger partial charge on any atom is 0.409 e. The molecule has 1 saturated heterocycles. The van der Waals surface area contributed by atoms with Gasteiger partial charge in [-0.3, -0.25) is 4.79 Å². The molecule has 0 saturated carbocycles. The summed E-state index contributed by atoms with van der Waals surface area (Å²) in [6, 6.07) is 3.26. The van der Waals surface area contributed by atoms with Crippen molar-refractivity contribution in [2.75, 3.05) is 32.9 Å². The predicted octanol–water partition coefficient (Wildman–Crippen LogP) is 2.85. The molecule has 2 heterocycles. The summed E-state index contributed by atoms with van der Waals surface area (Å²) < 4.78 is 16.2. The number of benzene rings is 1. The quantitative estimate of drug-likeness (QED) is 0.869. The van der Waals surface area contributed by atoms with Crippen molar-refractivity contribution in [1.82, 2.24) is 10.2 Å². The number of carbonyl (C=O) groups is 2. The zero-order chi connectivity index (χ0) is 18.5. The van der Waals surface area contributed by atoms with Crippen LogP contribution in [0.1, 0.15) is 36.5 Å². The van der Waals surface area contributed by atoms with E-state index in [1.807, 2.05) is 0 Å². The van der Waals surface area contributed by atoms with Crippen LogP contribution in [-0.4, -0.2) is 55.9 Å². The average Bonchev–Trinajstić information content (AvgIpc) is 2.88. The van der Waals surface area contributed by atoms with Gasteiger partial charge in [0.1, 0.15) is 0 Å². The Morgan fingerprint density at radius 3 is 2.73 bits per heavy atom. The summed E-state index contributed by atoms with van der Waals surface area (Å²) in [4.78, 5) is 26.0. The van der Waals surface area contributed by atoms with E-state index in [4.69, 9.17) is 25.8 Å². The molecule has 1 aromatic rings. The fourth-order valence-corrected chi connectivity index (χ4v) is 3.32. The number of nitrogens with one attached hydrogen (secondary N) is 1. The summed E-state index contributed by atoms with van der Waals surface area (Å²) in [5, 5.41) is 3.37. The smallest absolute Gasteiger partial charge is 0.409 e. The second kappa shape index (κ2) is 8.49. The number of hydrogen-bond acceptors (Lipinski definition) is 5. The van der Waals surface area contributed by atoms with Gasteiger partial charge in [-0.05, 0) is 31.9 Å². The van der Waals surface area contributed by atoms with Crippen LogP contribution >= 0.6 is 11.6 Å². The fraction of sp³-hybridized carbons (Fsp3) is 0.556. The molecule has 7 nitrogen and oxygen atoms in total. The topological polar surface area (TPSA) is 77.1 Å². The number of halogens is 1. The highest BCUT2D eigenvalue weighted by molar-refractivity contribution is 6.32. The Labute approximate surface area is 157 Å². The molecule has 0 spiro atoms. The highest BCUT2D eigenvalue weighted by atomic mass is 35.5. The molecule has 1 N–H and O–H groups in total. The van der Waals surface area contributed by atoms with Crippen molar-refractivity contribution in [2.24, 2.45) is 0 Å². The lowest BCUT2D eigenvalue weighted by Gasteiger charge is -2.31. The second-order valence-electron chi connectivity index (χ2n) is 6.27. The lowest BCUT2D eigenvalue weighted by atomic mass is 10.0. The van der Waals surface area contributed by atoms with Crippen molar-refractivity contribution >= 4 is 23.6 Å². The number of ether oxygens (including phenoxy) is 3. The minimum atomic E-state index is -0.299. The van der Waals surface area contributed by atoms with E-state index in [1.54, 1.807) is 24.0 Å². The summed E-state index contributed by atoms with van der Waals surface area (Å²) in [6.45, 7) is 4.33. The van der Waals surface area contributed by atoms with Gasteiger partial charge < -0.3 is 24.4 Å². The summed E-state index contributed by atoms with van der Waals surface area (Å²) >= 11 is 6.25. The molecule has 0 aromatic heterocycles. The van der Waals surface area contributed by atoms with Crippen LogP contribution in [0.15, 0.2) is 12.1 Å². The van der Waals surface area contributed by atoms with E-state index < -0.39 is 0 Å². The monoisotopic (exact) mass is 382 g/mol. The van der Waals surface area contributed by atoms with Crippen LogP contribution in [0.4, 0.5) is 4.79 Å². The van der Waals surface area contributed by atoms with Crippen LogP contribution in [0, 0.1) is 0 Å². The fourth-order valence-electron chi connectivity index (χ4n) is 3.05. The largest absolute Gasteiger partial charge is 0.489 e. The standard InChI is InChI=1S/C18H23ClN2O5/c1-2-24-18(23)21-6-4-13(5-7-21)20-17(22)12-10-14(19)16-15(11-12)25-8-3-9-26-16/h10-11,13H,2-9H2,1H3,(H,20,22). The molecule has 0 radical (unpaired) electrons. The highest BCUT2D eigenvalue weighted by Gasteiger charge is 2.25. The predicted molar refractivity (Wildman–Crippen MR) is 96.1 cm³/mol. The van der Waals surface area contributed by atoms with E-state index in [0.717, 1.165) is 6.42 Å². The van der Waals surface area contributed by atoms with Crippen molar-refractivity contribution in [3.63, 3.8) is 0 Å². The first-order chi connectivity index (χ1) is 12.6. The van der Waals surface area contributed by atoms with Crippen LogP contribution < -0.4 is 14.8 Å². The minimum Gasteiger partial charge on any atom is -0.489 e. The lowest BCUT2D eigenvalue weighted by Crippen LogP contribution is -2.46. The van der Waals surface area contributed by atoms with E-state index in [0.29, 0.717) is 67.8 Å². The molecule has 0 atom stereocenters. The Morgan fingerprint density at radius 2 is 2.00 bits per heavy atom. The molecule has 2 aliphatic rings. The number of nitrogens with zero attached hydrogens (tertiary/aromatic N) is 1. The highest BCUT2D eigenvalue weighted by Crippen LogP contribution is 2.38. The number of amides is 2.